The molecule has 1 rings (SSSR count). The number of thiol groups is 1. The van der Waals surface area contributed by atoms with E-state index in [0.29, 0.717) is 0 Å². The number of methoxy groups -OCH3 is 1. The summed E-state index contributed by atoms with van der Waals surface area (Å²) in [6.45, 7) is 1.35. The fourth-order valence-corrected chi connectivity index (χ4v) is 2.12. The molecule has 1 atom stereocenters. The third kappa shape index (κ3) is 2.42. The van der Waals surface area contributed by atoms with Crippen molar-refractivity contribution in [2.24, 2.45) is 5.92 Å². The van der Waals surface area contributed by atoms with Gasteiger partial charge in [-0.2, -0.15) is 13.2 Å². The minimum atomic E-state index is -4.50. The Kier molecular flexibility index (Phi) is 3.72. The number of carbonyl (C=O) groups is 1. The fraction of sp³-hybridized carbons (Fsp3) is 0.500. The maximum Gasteiger partial charge on any atom is 0.417 e. The second kappa shape index (κ2) is 4.53. The van der Waals surface area contributed by atoms with Crippen molar-refractivity contribution >= 4 is 18.6 Å². The predicted octanol–water partition coefficient (Wildman–Crippen LogP) is 2.87. The van der Waals surface area contributed by atoms with Crippen molar-refractivity contribution in [3.8, 4) is 0 Å². The Labute approximate surface area is 96.6 Å². The van der Waals surface area contributed by atoms with E-state index in [-0.39, 0.29) is 16.9 Å². The van der Waals surface area contributed by atoms with Gasteiger partial charge in [0.15, 0.2) is 0 Å². The molecule has 0 aromatic rings. The minimum Gasteiger partial charge on any atom is -0.469 e. The van der Waals surface area contributed by atoms with Gasteiger partial charge in [-0.25, -0.2) is 0 Å². The first kappa shape index (κ1) is 13.2. The summed E-state index contributed by atoms with van der Waals surface area (Å²) in [6.07, 6.45) is -2.93. The SMILES string of the molecule is COC(=O)C1CC=C(C)C(C(F)(F)F)=C1S. The molecule has 0 N–H and O–H groups in total. The van der Waals surface area contributed by atoms with Crippen molar-refractivity contribution in [1.82, 2.24) is 0 Å². The minimum absolute atomic E-state index is 0.0950. The molecule has 6 heteroatoms. The van der Waals surface area contributed by atoms with Gasteiger partial charge in [-0.15, -0.1) is 12.6 Å². The standard InChI is InChI=1S/C10H11F3O2S/c1-5-3-4-6(9(14)15-2)8(16)7(5)10(11,12)13/h3,6,16H,4H2,1-2H3. The summed E-state index contributed by atoms with van der Waals surface area (Å²) >= 11 is 3.82. The number of hydrogen-bond donors (Lipinski definition) is 1. The van der Waals surface area contributed by atoms with E-state index >= 15 is 0 Å². The first-order valence-electron chi connectivity index (χ1n) is 4.54. The average molecular weight is 252 g/mol. The topological polar surface area (TPSA) is 26.3 Å². The zero-order valence-corrected chi connectivity index (χ0v) is 9.65. The number of esters is 1. The smallest absolute Gasteiger partial charge is 0.417 e. The molecule has 0 bridgehead atoms. The van der Waals surface area contributed by atoms with Gasteiger partial charge in [-0.3, -0.25) is 4.79 Å². The highest BCUT2D eigenvalue weighted by Gasteiger charge is 2.41. The van der Waals surface area contributed by atoms with E-state index in [2.05, 4.69) is 17.4 Å². The van der Waals surface area contributed by atoms with E-state index < -0.39 is 23.6 Å². The summed E-state index contributed by atoms with van der Waals surface area (Å²) in [7, 11) is 1.14. The van der Waals surface area contributed by atoms with E-state index in [4.69, 9.17) is 0 Å². The molecule has 0 spiro atoms. The van der Waals surface area contributed by atoms with E-state index in [1.807, 2.05) is 0 Å². The summed E-state index contributed by atoms with van der Waals surface area (Å²) < 4.78 is 42.5. The summed E-state index contributed by atoms with van der Waals surface area (Å²) in [5.74, 6) is -1.65. The van der Waals surface area contributed by atoms with Crippen molar-refractivity contribution in [1.29, 1.82) is 0 Å². The molecule has 2 nitrogen and oxygen atoms in total. The second-order valence-electron chi connectivity index (χ2n) is 3.46. The average Bonchev–Trinajstić information content (AvgIpc) is 2.14. The lowest BCUT2D eigenvalue weighted by Gasteiger charge is -2.24. The summed E-state index contributed by atoms with van der Waals surface area (Å²) in [5.41, 5.74) is -0.741. The molecule has 0 radical (unpaired) electrons. The van der Waals surface area contributed by atoms with Gasteiger partial charge in [-0.1, -0.05) is 6.08 Å². The Balaban J connectivity index is 3.18. The maximum atomic E-state index is 12.7. The van der Waals surface area contributed by atoms with Gasteiger partial charge in [-0.05, 0) is 18.9 Å². The number of alkyl halides is 3. The van der Waals surface area contributed by atoms with Crippen LogP contribution in [0.15, 0.2) is 22.1 Å². The lowest BCUT2D eigenvalue weighted by atomic mass is 9.90. The van der Waals surface area contributed by atoms with Gasteiger partial charge >= 0.3 is 12.1 Å². The van der Waals surface area contributed by atoms with Crippen molar-refractivity contribution in [3.63, 3.8) is 0 Å². The molecule has 0 saturated heterocycles. The van der Waals surface area contributed by atoms with E-state index in [9.17, 15) is 18.0 Å². The zero-order chi connectivity index (χ0) is 12.5. The van der Waals surface area contributed by atoms with Gasteiger partial charge in [0.25, 0.3) is 0 Å². The molecular weight excluding hydrogens is 241 g/mol. The normalized spacial score (nSPS) is 21.9. The third-order valence-corrected chi connectivity index (χ3v) is 2.94. The van der Waals surface area contributed by atoms with E-state index in [0.717, 1.165) is 7.11 Å². The monoisotopic (exact) mass is 252 g/mol. The highest BCUT2D eigenvalue weighted by atomic mass is 32.1. The molecule has 0 aromatic heterocycles. The van der Waals surface area contributed by atoms with E-state index in [1.54, 1.807) is 0 Å². The highest BCUT2D eigenvalue weighted by molar-refractivity contribution is 7.84. The van der Waals surface area contributed by atoms with Crippen LogP contribution in [-0.2, 0) is 9.53 Å². The van der Waals surface area contributed by atoms with Crippen molar-refractivity contribution in [3.05, 3.63) is 22.1 Å². The summed E-state index contributed by atoms with van der Waals surface area (Å²) in [5, 5.41) is 0. The molecule has 90 valence electrons. The molecule has 16 heavy (non-hydrogen) atoms. The number of rotatable bonds is 1. The molecule has 1 aliphatic carbocycles. The Morgan fingerprint density at radius 1 is 1.56 bits per heavy atom. The molecule has 0 aliphatic heterocycles. The predicted molar refractivity (Wildman–Crippen MR) is 55.9 cm³/mol. The van der Waals surface area contributed by atoms with Gasteiger partial charge in [0.1, 0.15) is 0 Å². The summed E-state index contributed by atoms with van der Waals surface area (Å²) in [6, 6.07) is 0. The van der Waals surface area contributed by atoms with Gasteiger partial charge in [0.2, 0.25) is 0 Å². The van der Waals surface area contributed by atoms with Crippen LogP contribution in [0.1, 0.15) is 13.3 Å². The Morgan fingerprint density at radius 3 is 2.56 bits per heavy atom. The Bertz CT molecular complexity index is 369. The Hall–Kier alpha value is -0.910. The van der Waals surface area contributed by atoms with Crippen molar-refractivity contribution < 1.29 is 22.7 Å². The summed E-state index contributed by atoms with van der Waals surface area (Å²) in [4.78, 5) is 11.0. The molecule has 0 aromatic carbocycles. The molecular formula is C10H11F3O2S. The van der Waals surface area contributed by atoms with Crippen molar-refractivity contribution in [2.75, 3.05) is 7.11 Å². The van der Waals surface area contributed by atoms with Crippen molar-refractivity contribution in [2.45, 2.75) is 19.5 Å². The molecule has 0 amide bonds. The second-order valence-corrected chi connectivity index (χ2v) is 3.94. The zero-order valence-electron chi connectivity index (χ0n) is 8.76. The first-order chi connectivity index (χ1) is 7.29. The molecule has 0 saturated carbocycles. The van der Waals surface area contributed by atoms with Gasteiger partial charge in [0.05, 0.1) is 18.6 Å². The quantitative estimate of drug-likeness (QED) is 0.573. The maximum absolute atomic E-state index is 12.7. The number of ether oxygens (including phenoxy) is 1. The molecule has 1 aliphatic rings. The largest absolute Gasteiger partial charge is 0.469 e. The van der Waals surface area contributed by atoms with Crippen LogP contribution < -0.4 is 0 Å². The van der Waals surface area contributed by atoms with E-state index in [1.165, 1.54) is 13.0 Å². The lowest BCUT2D eigenvalue weighted by molar-refractivity contribution is -0.143. The molecule has 0 heterocycles. The van der Waals surface area contributed by atoms with Crippen LogP contribution in [0.25, 0.3) is 0 Å². The van der Waals surface area contributed by atoms with Crippen LogP contribution in [0.5, 0.6) is 0 Å². The number of allylic oxidation sites excluding steroid dienone is 3. The number of halogens is 3. The van der Waals surface area contributed by atoms with Gasteiger partial charge in [0, 0.05) is 4.91 Å². The highest BCUT2D eigenvalue weighted by Crippen LogP contribution is 2.41. The van der Waals surface area contributed by atoms with Crippen LogP contribution in [0.2, 0.25) is 0 Å². The molecule has 0 fully saturated rings. The van der Waals surface area contributed by atoms with Crippen LogP contribution >= 0.6 is 12.6 Å². The fourth-order valence-electron chi connectivity index (χ4n) is 1.60. The first-order valence-corrected chi connectivity index (χ1v) is 4.99. The van der Waals surface area contributed by atoms with Crippen LogP contribution in [0, 0.1) is 5.92 Å². The number of carbonyl (C=O) groups excluding carboxylic acids is 1. The van der Waals surface area contributed by atoms with Crippen LogP contribution in [-0.4, -0.2) is 19.3 Å². The third-order valence-electron chi connectivity index (χ3n) is 2.41. The lowest BCUT2D eigenvalue weighted by Crippen LogP contribution is -2.25. The van der Waals surface area contributed by atoms with Gasteiger partial charge < -0.3 is 4.74 Å². The number of hydrogen-bond acceptors (Lipinski definition) is 3. The van der Waals surface area contributed by atoms with Crippen LogP contribution in [0.4, 0.5) is 13.2 Å². The Morgan fingerprint density at radius 2 is 2.12 bits per heavy atom. The molecule has 1 unspecified atom stereocenters. The van der Waals surface area contributed by atoms with Crippen LogP contribution in [0.3, 0.4) is 0 Å².